The van der Waals surface area contributed by atoms with Crippen LogP contribution in [0.3, 0.4) is 0 Å². The molecule has 1 saturated heterocycles. The van der Waals surface area contributed by atoms with E-state index in [1.165, 1.54) is 11.8 Å². The monoisotopic (exact) mass is 529 g/mol. The lowest BCUT2D eigenvalue weighted by Gasteiger charge is -2.25. The van der Waals surface area contributed by atoms with Gasteiger partial charge in [-0.3, -0.25) is 15.0 Å². The summed E-state index contributed by atoms with van der Waals surface area (Å²) in [6.45, 7) is 5.33. The fraction of sp³-hybridized carbons (Fsp3) is 0.310. The minimum atomic E-state index is -0.979. The lowest BCUT2D eigenvalue weighted by Crippen LogP contribution is -2.55. The quantitative estimate of drug-likeness (QED) is 0.177. The molecule has 39 heavy (non-hydrogen) atoms. The molecule has 4 N–H and O–H groups in total. The predicted molar refractivity (Wildman–Crippen MR) is 146 cm³/mol. The summed E-state index contributed by atoms with van der Waals surface area (Å²) < 4.78 is 11.9. The van der Waals surface area contributed by atoms with Crippen molar-refractivity contribution >= 4 is 28.6 Å². The average Bonchev–Trinajstić information content (AvgIpc) is 3.52. The summed E-state index contributed by atoms with van der Waals surface area (Å²) in [6.07, 6.45) is 1.85. The number of aromatic nitrogens is 1. The van der Waals surface area contributed by atoms with E-state index in [-0.39, 0.29) is 24.7 Å². The molecule has 2 aromatic carbocycles. The van der Waals surface area contributed by atoms with Gasteiger partial charge in [0.05, 0.1) is 24.9 Å². The lowest BCUT2D eigenvalue weighted by atomic mass is 10.1. The number of pyridine rings is 1. The van der Waals surface area contributed by atoms with Crippen LogP contribution >= 0.6 is 0 Å². The Hall–Kier alpha value is -4.44. The second kappa shape index (κ2) is 10.4. The second-order valence-electron chi connectivity index (χ2n) is 9.91. The van der Waals surface area contributed by atoms with E-state index in [2.05, 4.69) is 17.3 Å². The molecule has 1 aliphatic heterocycles. The topological polar surface area (TPSA) is 136 Å². The van der Waals surface area contributed by atoms with E-state index in [9.17, 15) is 14.4 Å². The maximum Gasteiger partial charge on any atom is 0.332 e. The fourth-order valence-electron chi connectivity index (χ4n) is 5.29. The van der Waals surface area contributed by atoms with Crippen LogP contribution in [0.5, 0.6) is 11.5 Å². The van der Waals surface area contributed by atoms with Crippen molar-refractivity contribution < 1.29 is 23.9 Å². The lowest BCUT2D eigenvalue weighted by molar-refractivity contribution is -0.130. The van der Waals surface area contributed by atoms with Crippen LogP contribution in [0.1, 0.15) is 19.8 Å². The largest absolute Gasteiger partial charge is 0.497 e. The van der Waals surface area contributed by atoms with Gasteiger partial charge < -0.3 is 19.7 Å². The molecule has 202 valence electrons. The number of hydrazine groups is 1. The third-order valence-electron chi connectivity index (χ3n) is 7.57. The molecule has 10 heteroatoms. The highest BCUT2D eigenvalue weighted by atomic mass is 16.5. The molecule has 0 radical (unpaired) electrons. The molecule has 0 bridgehead atoms. The maximum absolute atomic E-state index is 13.4. The van der Waals surface area contributed by atoms with Gasteiger partial charge in [-0.2, -0.15) is 0 Å². The van der Waals surface area contributed by atoms with Crippen LogP contribution < -0.4 is 26.1 Å². The molecule has 3 aromatic rings. The summed E-state index contributed by atoms with van der Waals surface area (Å²) in [5.41, 5.74) is 3.44. The van der Waals surface area contributed by atoms with Gasteiger partial charge in [0.15, 0.2) is 5.78 Å². The van der Waals surface area contributed by atoms with Gasteiger partial charge >= 0.3 is 6.03 Å². The van der Waals surface area contributed by atoms with E-state index in [0.29, 0.717) is 29.1 Å². The number of nitrogens with two attached hydrogens (primary N) is 1. The smallest absolute Gasteiger partial charge is 0.332 e. The van der Waals surface area contributed by atoms with Gasteiger partial charge in [0.25, 0.3) is 0 Å². The van der Waals surface area contributed by atoms with E-state index in [1.54, 1.807) is 13.2 Å². The van der Waals surface area contributed by atoms with Crippen LogP contribution in [0.25, 0.3) is 22.2 Å². The van der Waals surface area contributed by atoms with Crippen molar-refractivity contribution in [2.75, 3.05) is 13.7 Å². The number of Topliss-reactive ketones (excluding diaryl/α,β-unsaturated/α-hetero) is 1. The molecule has 1 aliphatic carbocycles. The zero-order chi connectivity index (χ0) is 27.7. The predicted octanol–water partition coefficient (Wildman–Crippen LogP) is 2.97. The first-order chi connectivity index (χ1) is 18.8. The van der Waals surface area contributed by atoms with Crippen molar-refractivity contribution in [3.8, 4) is 22.8 Å². The van der Waals surface area contributed by atoms with Crippen LogP contribution in [0, 0.1) is 5.92 Å². The standard InChI is InChI=1S/C29H31N5O5/c1-4-19-15-29(19,17(2)35)32-27(36)25-13-21(16-34(25)28(37)33-30)39-26-14-23(18-8-6-5-7-9-18)31-24-12-20(38-3)10-11-22(24)26/h4-12,14,19,21,25H,1,13,15-16,30H2,2-3H3,(H,32,36)(H,33,37)/t19-,21-,25+,29?/m1/s1. The molecular weight excluding hydrogens is 498 g/mol. The number of rotatable bonds is 8. The number of carbonyl (C=O) groups excluding carboxylic acids is 3. The number of urea groups is 1. The number of ether oxygens (including phenoxy) is 2. The van der Waals surface area contributed by atoms with Crippen LogP contribution in [0.4, 0.5) is 4.79 Å². The summed E-state index contributed by atoms with van der Waals surface area (Å²) in [5.74, 6) is 5.94. The van der Waals surface area contributed by atoms with Crippen LogP contribution in [0.15, 0.2) is 67.3 Å². The Morgan fingerprint density at radius 3 is 2.59 bits per heavy atom. The zero-order valence-electron chi connectivity index (χ0n) is 21.8. The van der Waals surface area contributed by atoms with Crippen molar-refractivity contribution in [2.24, 2.45) is 11.8 Å². The Labute approximate surface area is 226 Å². The number of nitrogens with one attached hydrogen (secondary N) is 2. The molecule has 2 fully saturated rings. The third kappa shape index (κ3) is 4.90. The number of benzene rings is 2. The molecule has 3 amide bonds. The van der Waals surface area contributed by atoms with Crippen molar-refractivity contribution in [3.05, 3.63) is 67.3 Å². The molecule has 5 rings (SSSR count). The Bertz CT molecular complexity index is 1440. The van der Waals surface area contributed by atoms with E-state index in [1.807, 2.05) is 54.6 Å². The first kappa shape index (κ1) is 26.2. The van der Waals surface area contributed by atoms with Gasteiger partial charge in [-0.15, -0.1) is 6.58 Å². The van der Waals surface area contributed by atoms with Gasteiger partial charge in [0.2, 0.25) is 5.91 Å². The van der Waals surface area contributed by atoms with Crippen LogP contribution in [-0.2, 0) is 9.59 Å². The summed E-state index contributed by atoms with van der Waals surface area (Å²) >= 11 is 0. The summed E-state index contributed by atoms with van der Waals surface area (Å²) in [4.78, 5) is 44.5. The van der Waals surface area contributed by atoms with Crippen LogP contribution in [0.2, 0.25) is 0 Å². The Morgan fingerprint density at radius 1 is 1.18 bits per heavy atom. The number of amides is 3. The minimum Gasteiger partial charge on any atom is -0.497 e. The Balaban J connectivity index is 1.45. The number of hydrogen-bond donors (Lipinski definition) is 3. The van der Waals surface area contributed by atoms with Gasteiger partial charge in [-0.05, 0) is 25.5 Å². The normalized spacial score (nSPS) is 23.7. The summed E-state index contributed by atoms with van der Waals surface area (Å²) in [6, 6.07) is 15.6. The fourth-order valence-corrected chi connectivity index (χ4v) is 5.29. The van der Waals surface area contributed by atoms with E-state index in [4.69, 9.17) is 20.3 Å². The highest BCUT2D eigenvalue weighted by molar-refractivity contribution is 5.97. The van der Waals surface area contributed by atoms with Crippen LogP contribution in [-0.4, -0.2) is 58.9 Å². The highest BCUT2D eigenvalue weighted by Crippen LogP contribution is 2.45. The summed E-state index contributed by atoms with van der Waals surface area (Å²) in [5, 5.41) is 3.64. The maximum atomic E-state index is 13.4. The average molecular weight is 530 g/mol. The molecule has 1 aromatic heterocycles. The van der Waals surface area contributed by atoms with E-state index < -0.39 is 29.6 Å². The van der Waals surface area contributed by atoms with Crippen molar-refractivity contribution in [2.45, 2.75) is 37.5 Å². The number of fused-ring (bicyclic) bond motifs is 1. The van der Waals surface area contributed by atoms with Gasteiger partial charge in [0, 0.05) is 35.4 Å². The molecule has 0 spiro atoms. The molecule has 2 heterocycles. The number of nitrogens with zero attached hydrogens (tertiary/aromatic N) is 2. The first-order valence-corrected chi connectivity index (χ1v) is 12.7. The molecule has 10 nitrogen and oxygen atoms in total. The van der Waals surface area contributed by atoms with Crippen molar-refractivity contribution in [1.29, 1.82) is 0 Å². The van der Waals surface area contributed by atoms with E-state index in [0.717, 1.165) is 10.9 Å². The van der Waals surface area contributed by atoms with Gasteiger partial charge in [-0.1, -0.05) is 36.4 Å². The molecule has 1 unspecified atom stereocenters. The minimum absolute atomic E-state index is 0.125. The number of carbonyl (C=O) groups is 3. The molecule has 1 saturated carbocycles. The number of hydrogen-bond acceptors (Lipinski definition) is 7. The van der Waals surface area contributed by atoms with Crippen molar-refractivity contribution in [3.63, 3.8) is 0 Å². The Kier molecular flexibility index (Phi) is 6.96. The Morgan fingerprint density at radius 2 is 1.95 bits per heavy atom. The number of likely N-dealkylation sites (tertiary alicyclic amines) is 1. The molecular formula is C29H31N5O5. The van der Waals surface area contributed by atoms with Gasteiger partial charge in [-0.25, -0.2) is 15.6 Å². The second-order valence-corrected chi connectivity index (χ2v) is 9.91. The molecule has 4 atom stereocenters. The van der Waals surface area contributed by atoms with Crippen molar-refractivity contribution in [1.82, 2.24) is 20.6 Å². The number of ketones is 1. The summed E-state index contributed by atoms with van der Waals surface area (Å²) in [7, 11) is 1.59. The SMILES string of the molecule is C=C[C@@H]1CC1(NC(=O)[C@@H]1C[C@@H](Oc2cc(-c3ccccc3)nc3cc(OC)ccc23)CN1C(=O)NN)C(C)=O. The van der Waals surface area contributed by atoms with E-state index >= 15 is 0 Å². The number of methoxy groups -OCH3 is 1. The van der Waals surface area contributed by atoms with Gasteiger partial charge in [0.1, 0.15) is 29.2 Å². The molecule has 2 aliphatic rings. The third-order valence-corrected chi connectivity index (χ3v) is 7.57. The highest BCUT2D eigenvalue weighted by Gasteiger charge is 2.58. The zero-order valence-corrected chi connectivity index (χ0v) is 21.8. The first-order valence-electron chi connectivity index (χ1n) is 12.7.